The molecule has 148 valence electrons. The molecular weight excluding hydrogens is 360 g/mol. The third-order valence-electron chi connectivity index (χ3n) is 5.14. The minimum atomic E-state index is -0.851. The highest BCUT2D eigenvalue weighted by Gasteiger charge is 2.50. The van der Waals surface area contributed by atoms with Crippen LogP contribution in [-0.2, 0) is 14.4 Å². The van der Waals surface area contributed by atoms with E-state index in [0.717, 1.165) is 10.9 Å². The number of amides is 2. The molecule has 0 unspecified atom stereocenters. The largest absolute Gasteiger partial charge is 0.384 e. The topological polar surface area (TPSA) is 105 Å². The Morgan fingerprint density at radius 3 is 2.96 bits per heavy atom. The molecule has 4 rings (SSSR count). The van der Waals surface area contributed by atoms with Crippen LogP contribution in [0.3, 0.4) is 0 Å². The van der Waals surface area contributed by atoms with Crippen molar-refractivity contribution in [2.45, 2.75) is 44.4 Å². The van der Waals surface area contributed by atoms with Crippen LogP contribution in [0.2, 0.25) is 0 Å². The lowest BCUT2D eigenvalue weighted by atomic mass is 9.85. The van der Waals surface area contributed by atoms with Gasteiger partial charge in [0.1, 0.15) is 5.71 Å². The molecule has 8 heteroatoms. The molecule has 3 N–H and O–H groups in total. The molecule has 2 aliphatic heterocycles. The lowest BCUT2D eigenvalue weighted by Crippen LogP contribution is -2.59. The number of ether oxygens (including phenoxy) is 1. The van der Waals surface area contributed by atoms with Crippen molar-refractivity contribution in [2.24, 2.45) is 5.16 Å². The third kappa shape index (κ3) is 3.47. The van der Waals surface area contributed by atoms with Gasteiger partial charge in [-0.05, 0) is 44.5 Å². The van der Waals surface area contributed by atoms with Crippen LogP contribution in [-0.4, -0.2) is 53.4 Å². The molecule has 3 heterocycles. The SMILES string of the molecule is CC(C)NC(=O)C1=NO[C@]2(COCC[C@H]2NC(=O)c2ccc3[nH]ccc3c2)C1. The maximum atomic E-state index is 12.8. The first-order valence-corrected chi connectivity index (χ1v) is 9.48. The van der Waals surface area contributed by atoms with E-state index in [1.807, 2.05) is 38.2 Å². The third-order valence-corrected chi connectivity index (χ3v) is 5.14. The number of H-pyrrole nitrogens is 1. The molecule has 1 spiro atoms. The van der Waals surface area contributed by atoms with E-state index in [1.54, 1.807) is 6.07 Å². The number of hydrogen-bond acceptors (Lipinski definition) is 5. The number of rotatable bonds is 4. The highest BCUT2D eigenvalue weighted by Crippen LogP contribution is 2.33. The molecule has 1 fully saturated rings. The van der Waals surface area contributed by atoms with Crippen LogP contribution in [0.15, 0.2) is 35.6 Å². The van der Waals surface area contributed by atoms with Gasteiger partial charge in [0, 0.05) is 41.7 Å². The summed E-state index contributed by atoms with van der Waals surface area (Å²) in [5, 5.41) is 10.9. The summed E-state index contributed by atoms with van der Waals surface area (Å²) >= 11 is 0. The van der Waals surface area contributed by atoms with Gasteiger partial charge < -0.3 is 25.2 Å². The van der Waals surface area contributed by atoms with Crippen molar-refractivity contribution in [2.75, 3.05) is 13.2 Å². The van der Waals surface area contributed by atoms with E-state index in [9.17, 15) is 9.59 Å². The lowest BCUT2D eigenvalue weighted by Gasteiger charge is -2.38. The van der Waals surface area contributed by atoms with Crippen LogP contribution in [0.4, 0.5) is 0 Å². The maximum Gasteiger partial charge on any atom is 0.269 e. The molecule has 2 aromatic rings. The minimum Gasteiger partial charge on any atom is -0.384 e. The van der Waals surface area contributed by atoms with Crippen LogP contribution in [0, 0.1) is 0 Å². The van der Waals surface area contributed by atoms with Crippen LogP contribution in [0.5, 0.6) is 0 Å². The number of nitrogens with zero attached hydrogens (tertiary/aromatic N) is 1. The number of fused-ring (bicyclic) bond motifs is 1. The van der Waals surface area contributed by atoms with Crippen molar-refractivity contribution in [1.29, 1.82) is 0 Å². The fraction of sp³-hybridized carbons (Fsp3) is 0.450. The number of oxime groups is 1. The van der Waals surface area contributed by atoms with Crippen molar-refractivity contribution >= 4 is 28.4 Å². The van der Waals surface area contributed by atoms with Gasteiger partial charge in [-0.2, -0.15) is 0 Å². The number of aromatic nitrogens is 1. The van der Waals surface area contributed by atoms with E-state index >= 15 is 0 Å². The van der Waals surface area contributed by atoms with E-state index in [4.69, 9.17) is 9.57 Å². The van der Waals surface area contributed by atoms with Gasteiger partial charge in [0.2, 0.25) is 0 Å². The molecular formula is C20H24N4O4. The van der Waals surface area contributed by atoms with Gasteiger partial charge in [0.05, 0.1) is 12.6 Å². The normalized spacial score (nSPS) is 24.2. The fourth-order valence-electron chi connectivity index (χ4n) is 3.67. The first-order valence-electron chi connectivity index (χ1n) is 9.48. The highest BCUT2D eigenvalue weighted by atomic mass is 16.7. The molecule has 0 radical (unpaired) electrons. The Balaban J connectivity index is 1.48. The van der Waals surface area contributed by atoms with Crippen LogP contribution in [0.25, 0.3) is 10.9 Å². The molecule has 2 amide bonds. The number of nitrogens with one attached hydrogen (secondary N) is 3. The van der Waals surface area contributed by atoms with Gasteiger partial charge in [-0.3, -0.25) is 9.59 Å². The van der Waals surface area contributed by atoms with Crippen LogP contribution in [0.1, 0.15) is 37.0 Å². The summed E-state index contributed by atoms with van der Waals surface area (Å²) in [7, 11) is 0. The smallest absolute Gasteiger partial charge is 0.269 e. The highest BCUT2D eigenvalue weighted by molar-refractivity contribution is 6.39. The summed E-state index contributed by atoms with van der Waals surface area (Å²) < 4.78 is 5.60. The number of benzene rings is 1. The second kappa shape index (κ2) is 7.27. The fourth-order valence-corrected chi connectivity index (χ4v) is 3.67. The summed E-state index contributed by atoms with van der Waals surface area (Å²) in [5.41, 5.74) is 1.03. The van der Waals surface area contributed by atoms with Gasteiger partial charge in [-0.25, -0.2) is 0 Å². The Labute approximate surface area is 162 Å². The molecule has 8 nitrogen and oxygen atoms in total. The van der Waals surface area contributed by atoms with E-state index in [2.05, 4.69) is 20.8 Å². The Bertz CT molecular complexity index is 935. The molecule has 0 bridgehead atoms. The van der Waals surface area contributed by atoms with Crippen molar-refractivity contribution in [3.63, 3.8) is 0 Å². The second-order valence-electron chi connectivity index (χ2n) is 7.65. The Morgan fingerprint density at radius 1 is 1.29 bits per heavy atom. The van der Waals surface area contributed by atoms with Crippen LogP contribution >= 0.6 is 0 Å². The summed E-state index contributed by atoms with van der Waals surface area (Å²) in [4.78, 5) is 33.9. The number of aromatic amines is 1. The summed E-state index contributed by atoms with van der Waals surface area (Å²) in [6.07, 6.45) is 2.73. The van der Waals surface area contributed by atoms with Crippen molar-refractivity contribution < 1.29 is 19.2 Å². The Morgan fingerprint density at radius 2 is 2.14 bits per heavy atom. The second-order valence-corrected chi connectivity index (χ2v) is 7.65. The van der Waals surface area contributed by atoms with Gasteiger partial charge in [0.25, 0.3) is 11.8 Å². The zero-order valence-corrected chi connectivity index (χ0v) is 16.0. The van der Waals surface area contributed by atoms with Crippen LogP contribution < -0.4 is 10.6 Å². The maximum absolute atomic E-state index is 12.8. The number of carbonyl (C=O) groups excluding carboxylic acids is 2. The number of hydrogen-bond donors (Lipinski definition) is 3. The molecule has 0 saturated carbocycles. The number of carbonyl (C=O) groups is 2. The standard InChI is InChI=1S/C20H24N4O4/c1-12(2)22-19(26)16-10-20(28-24-16)11-27-8-6-17(20)23-18(25)14-3-4-15-13(9-14)5-7-21-15/h3-5,7,9,12,17,21H,6,8,10-11H2,1-2H3,(H,22,26)(H,23,25)/t17-,20+/m1/s1. The molecule has 28 heavy (non-hydrogen) atoms. The molecule has 1 aromatic heterocycles. The van der Waals surface area contributed by atoms with E-state index in [1.165, 1.54) is 0 Å². The zero-order valence-electron chi connectivity index (χ0n) is 16.0. The van der Waals surface area contributed by atoms with Gasteiger partial charge >= 0.3 is 0 Å². The molecule has 1 aromatic carbocycles. The summed E-state index contributed by atoms with van der Waals surface area (Å²) in [5.74, 6) is -0.432. The summed E-state index contributed by atoms with van der Waals surface area (Å²) in [6.45, 7) is 4.56. The van der Waals surface area contributed by atoms with Gasteiger partial charge in [-0.1, -0.05) is 5.16 Å². The van der Waals surface area contributed by atoms with Gasteiger partial charge in [-0.15, -0.1) is 0 Å². The molecule has 2 aliphatic rings. The monoisotopic (exact) mass is 384 g/mol. The zero-order chi connectivity index (χ0) is 19.7. The summed E-state index contributed by atoms with van der Waals surface area (Å²) in [6, 6.07) is 7.15. The first-order chi connectivity index (χ1) is 13.5. The van der Waals surface area contributed by atoms with Crippen molar-refractivity contribution in [1.82, 2.24) is 15.6 Å². The van der Waals surface area contributed by atoms with E-state index < -0.39 is 5.60 Å². The molecule has 2 atom stereocenters. The first kappa shape index (κ1) is 18.5. The lowest BCUT2D eigenvalue weighted by molar-refractivity contribution is -0.128. The Hall–Kier alpha value is -2.87. The average molecular weight is 384 g/mol. The molecule has 1 saturated heterocycles. The van der Waals surface area contributed by atoms with E-state index in [0.29, 0.717) is 30.7 Å². The minimum absolute atomic E-state index is 0.00760. The molecule has 0 aliphatic carbocycles. The average Bonchev–Trinajstić information content (AvgIpc) is 3.30. The predicted octanol–water partition coefficient (Wildman–Crippen LogP) is 1.73. The quantitative estimate of drug-likeness (QED) is 0.746. The predicted molar refractivity (Wildman–Crippen MR) is 104 cm³/mol. The van der Waals surface area contributed by atoms with Crippen molar-refractivity contribution in [3.05, 3.63) is 36.0 Å². The van der Waals surface area contributed by atoms with Crippen molar-refractivity contribution in [3.8, 4) is 0 Å². The Kier molecular flexibility index (Phi) is 4.80. The van der Waals surface area contributed by atoms with Gasteiger partial charge in [0.15, 0.2) is 5.60 Å². The van der Waals surface area contributed by atoms with E-state index in [-0.39, 0.29) is 30.5 Å².